The van der Waals surface area contributed by atoms with Gasteiger partial charge in [0.1, 0.15) is 5.60 Å². The largest absolute Gasteiger partial charge is 0.386 e. The van der Waals surface area contributed by atoms with E-state index >= 15 is 0 Å². The minimum atomic E-state index is -0.936. The number of rotatable bonds is 5. The van der Waals surface area contributed by atoms with Crippen LogP contribution in [0.15, 0.2) is 24.3 Å². The number of halogens is 2. The van der Waals surface area contributed by atoms with Crippen molar-refractivity contribution in [3.05, 3.63) is 34.9 Å². The fraction of sp³-hybridized carbons (Fsp3) is 0.538. The van der Waals surface area contributed by atoms with E-state index in [9.17, 15) is 5.11 Å². The highest BCUT2D eigenvalue weighted by atomic mass is 35.5. The van der Waals surface area contributed by atoms with E-state index in [1.807, 2.05) is 31.3 Å². The quantitative estimate of drug-likeness (QED) is 0.809. The first kappa shape index (κ1) is 13.2. The molecule has 0 aromatic heterocycles. The third kappa shape index (κ3) is 2.60. The summed E-state index contributed by atoms with van der Waals surface area (Å²) in [6.07, 6.45) is 2.20. The number of alkyl halides is 1. The van der Waals surface area contributed by atoms with Crippen molar-refractivity contribution in [2.24, 2.45) is 0 Å². The number of nitrogens with one attached hydrogen (secondary N) is 1. The Morgan fingerprint density at radius 1 is 1.41 bits per heavy atom. The molecule has 1 fully saturated rings. The average Bonchev–Trinajstić information content (AvgIpc) is 3.02. The van der Waals surface area contributed by atoms with Gasteiger partial charge < -0.3 is 10.4 Å². The Kier molecular flexibility index (Phi) is 3.69. The molecule has 0 aliphatic heterocycles. The molecule has 94 valence electrons. The number of benzene rings is 1. The molecule has 1 saturated carbocycles. The van der Waals surface area contributed by atoms with Gasteiger partial charge in [0.05, 0.1) is 4.87 Å². The van der Waals surface area contributed by atoms with Gasteiger partial charge in [-0.1, -0.05) is 29.8 Å². The maximum Gasteiger partial charge on any atom is 0.100 e. The van der Waals surface area contributed by atoms with E-state index in [1.54, 1.807) is 0 Å². The molecule has 2 nitrogen and oxygen atoms in total. The summed E-state index contributed by atoms with van der Waals surface area (Å²) in [6.45, 7) is 0.474. The van der Waals surface area contributed by atoms with Gasteiger partial charge in [-0.25, -0.2) is 0 Å². The predicted octanol–water partition coefficient (Wildman–Crippen LogP) is 2.60. The van der Waals surface area contributed by atoms with E-state index in [0.717, 1.165) is 18.4 Å². The Morgan fingerprint density at radius 2 is 2.06 bits per heavy atom. The summed E-state index contributed by atoms with van der Waals surface area (Å²) in [7, 11) is 1.82. The van der Waals surface area contributed by atoms with Crippen LogP contribution in [0.1, 0.15) is 18.4 Å². The first-order valence-electron chi connectivity index (χ1n) is 5.80. The van der Waals surface area contributed by atoms with Crippen molar-refractivity contribution >= 4 is 23.2 Å². The van der Waals surface area contributed by atoms with Gasteiger partial charge in [0.2, 0.25) is 0 Å². The van der Waals surface area contributed by atoms with Crippen LogP contribution in [0.4, 0.5) is 0 Å². The van der Waals surface area contributed by atoms with Gasteiger partial charge in [-0.15, -0.1) is 11.6 Å². The van der Waals surface area contributed by atoms with Gasteiger partial charge >= 0.3 is 0 Å². The number of likely N-dealkylation sites (N-methyl/N-ethyl adjacent to an activating group) is 1. The zero-order chi connectivity index (χ0) is 12.5. The number of aliphatic hydroxyl groups is 1. The molecule has 4 heteroatoms. The molecule has 1 unspecified atom stereocenters. The van der Waals surface area contributed by atoms with Gasteiger partial charge in [0, 0.05) is 18.0 Å². The van der Waals surface area contributed by atoms with Crippen LogP contribution < -0.4 is 5.32 Å². The Balaban J connectivity index is 2.22. The second kappa shape index (κ2) is 4.77. The maximum absolute atomic E-state index is 10.7. The monoisotopic (exact) mass is 273 g/mol. The van der Waals surface area contributed by atoms with E-state index in [2.05, 4.69) is 5.32 Å². The lowest BCUT2D eigenvalue weighted by atomic mass is 9.89. The van der Waals surface area contributed by atoms with E-state index < -0.39 is 10.5 Å². The highest BCUT2D eigenvalue weighted by Gasteiger charge is 2.57. The molecule has 2 N–H and O–H groups in total. The van der Waals surface area contributed by atoms with Crippen molar-refractivity contribution in [3.63, 3.8) is 0 Å². The van der Waals surface area contributed by atoms with Crippen molar-refractivity contribution in [2.75, 3.05) is 13.6 Å². The lowest BCUT2D eigenvalue weighted by molar-refractivity contribution is 0.0302. The lowest BCUT2D eigenvalue weighted by Gasteiger charge is -2.33. The van der Waals surface area contributed by atoms with Crippen LogP contribution in [0.3, 0.4) is 0 Å². The zero-order valence-electron chi connectivity index (χ0n) is 9.84. The minimum absolute atomic E-state index is 0.474. The fourth-order valence-electron chi connectivity index (χ4n) is 2.20. The molecule has 0 radical (unpaired) electrons. The van der Waals surface area contributed by atoms with E-state index in [1.165, 1.54) is 0 Å². The van der Waals surface area contributed by atoms with Crippen LogP contribution in [0, 0.1) is 0 Å². The normalized spacial score (nSPS) is 20.9. The fourth-order valence-corrected chi connectivity index (χ4v) is 2.63. The number of hydrogen-bond donors (Lipinski definition) is 2. The van der Waals surface area contributed by atoms with Crippen molar-refractivity contribution in [1.29, 1.82) is 0 Å². The summed E-state index contributed by atoms with van der Waals surface area (Å²) < 4.78 is 0. The van der Waals surface area contributed by atoms with Crippen LogP contribution in [0.2, 0.25) is 5.02 Å². The molecule has 0 bridgehead atoms. The summed E-state index contributed by atoms with van der Waals surface area (Å²) in [5, 5.41) is 14.4. The summed E-state index contributed by atoms with van der Waals surface area (Å²) in [6, 6.07) is 7.58. The summed E-state index contributed by atoms with van der Waals surface area (Å²) in [4.78, 5) is -0.491. The first-order valence-corrected chi connectivity index (χ1v) is 6.56. The summed E-state index contributed by atoms with van der Waals surface area (Å²) in [5.74, 6) is 0. The zero-order valence-corrected chi connectivity index (χ0v) is 11.4. The van der Waals surface area contributed by atoms with Gasteiger partial charge in [-0.2, -0.15) is 0 Å². The molecule has 0 saturated heterocycles. The Morgan fingerprint density at radius 3 is 2.59 bits per heavy atom. The molecular formula is C13H17Cl2NO. The van der Waals surface area contributed by atoms with Crippen molar-refractivity contribution < 1.29 is 5.11 Å². The molecule has 2 rings (SSSR count). The third-order valence-electron chi connectivity index (χ3n) is 3.43. The van der Waals surface area contributed by atoms with Crippen LogP contribution in [-0.4, -0.2) is 29.2 Å². The van der Waals surface area contributed by atoms with Gasteiger partial charge in [-0.05, 0) is 31.5 Å². The molecule has 1 aromatic rings. The molecule has 0 spiro atoms. The molecule has 1 aliphatic rings. The molecule has 1 aromatic carbocycles. The SMILES string of the molecule is CNCC(O)(Cc1ccccc1Cl)C1(Cl)CC1. The molecule has 17 heavy (non-hydrogen) atoms. The highest BCUT2D eigenvalue weighted by Crippen LogP contribution is 2.52. The molecule has 1 atom stereocenters. The van der Waals surface area contributed by atoms with E-state index in [-0.39, 0.29) is 0 Å². The summed E-state index contributed by atoms with van der Waals surface area (Å²) >= 11 is 12.5. The maximum atomic E-state index is 10.7. The minimum Gasteiger partial charge on any atom is -0.386 e. The standard InChI is InChI=1S/C13H17Cl2NO/c1-16-9-13(17,12(15)6-7-12)8-10-4-2-3-5-11(10)14/h2-5,16-17H,6-9H2,1H3. The van der Waals surface area contributed by atoms with Crippen molar-refractivity contribution in [1.82, 2.24) is 5.32 Å². The van der Waals surface area contributed by atoms with E-state index in [0.29, 0.717) is 18.0 Å². The van der Waals surface area contributed by atoms with Crippen LogP contribution in [-0.2, 0) is 6.42 Å². The van der Waals surface area contributed by atoms with Crippen molar-refractivity contribution in [2.45, 2.75) is 29.7 Å². The Labute approximate surface area is 112 Å². The van der Waals surface area contributed by atoms with Crippen LogP contribution in [0.5, 0.6) is 0 Å². The Hall–Kier alpha value is -0.280. The third-order valence-corrected chi connectivity index (χ3v) is 4.53. The molecule has 0 amide bonds. The average molecular weight is 274 g/mol. The number of hydrogen-bond acceptors (Lipinski definition) is 2. The van der Waals surface area contributed by atoms with E-state index in [4.69, 9.17) is 23.2 Å². The lowest BCUT2D eigenvalue weighted by Crippen LogP contribution is -2.50. The summed E-state index contributed by atoms with van der Waals surface area (Å²) in [5.41, 5.74) is 0.00716. The first-order chi connectivity index (χ1) is 8.01. The second-order valence-corrected chi connectivity index (χ2v) is 5.93. The smallest absolute Gasteiger partial charge is 0.100 e. The molecular weight excluding hydrogens is 257 g/mol. The molecule has 1 aliphatic carbocycles. The van der Waals surface area contributed by atoms with Gasteiger partial charge in [0.15, 0.2) is 0 Å². The van der Waals surface area contributed by atoms with Crippen LogP contribution in [0.25, 0.3) is 0 Å². The predicted molar refractivity (Wildman–Crippen MR) is 71.9 cm³/mol. The van der Waals surface area contributed by atoms with Gasteiger partial charge in [-0.3, -0.25) is 0 Å². The Bertz CT molecular complexity index is 406. The second-order valence-electron chi connectivity index (χ2n) is 4.80. The topological polar surface area (TPSA) is 32.3 Å². The van der Waals surface area contributed by atoms with Crippen LogP contribution >= 0.6 is 23.2 Å². The highest BCUT2D eigenvalue weighted by molar-refractivity contribution is 6.31. The molecule has 0 heterocycles. The van der Waals surface area contributed by atoms with Crippen molar-refractivity contribution in [3.8, 4) is 0 Å². The van der Waals surface area contributed by atoms with Gasteiger partial charge in [0.25, 0.3) is 0 Å².